The van der Waals surface area contributed by atoms with Crippen molar-refractivity contribution in [3.63, 3.8) is 0 Å². The number of fused-ring (bicyclic) bond motifs is 1. The summed E-state index contributed by atoms with van der Waals surface area (Å²) in [6.45, 7) is 2.44. The van der Waals surface area contributed by atoms with Crippen LogP contribution in [-0.2, 0) is 30.2 Å². The summed E-state index contributed by atoms with van der Waals surface area (Å²) in [6.07, 6.45) is -3.03. The van der Waals surface area contributed by atoms with Crippen molar-refractivity contribution in [2.75, 3.05) is 11.9 Å². The second-order valence-corrected chi connectivity index (χ2v) is 8.25. The van der Waals surface area contributed by atoms with Crippen LogP contribution in [0.4, 0.5) is 18.2 Å². The first-order chi connectivity index (χ1) is 14.3. The molecule has 0 saturated heterocycles. The van der Waals surface area contributed by atoms with Gasteiger partial charge in [-0.1, -0.05) is 30.3 Å². The van der Waals surface area contributed by atoms with E-state index in [2.05, 4.69) is 10.3 Å². The molecule has 0 spiro atoms. The smallest absolute Gasteiger partial charge is 0.416 e. The lowest BCUT2D eigenvalue weighted by Crippen LogP contribution is -2.14. The van der Waals surface area contributed by atoms with Crippen LogP contribution in [-0.4, -0.2) is 17.5 Å². The van der Waals surface area contributed by atoms with E-state index in [4.69, 9.17) is 4.74 Å². The predicted octanol–water partition coefficient (Wildman–Crippen LogP) is 5.18. The molecular formula is C22H19F3N2O2S. The summed E-state index contributed by atoms with van der Waals surface area (Å²) in [5, 5.41) is 4.14. The third-order valence-corrected chi connectivity index (χ3v) is 5.89. The minimum absolute atomic E-state index is 0.161. The summed E-state index contributed by atoms with van der Waals surface area (Å²) in [4.78, 5) is 16.9. The highest BCUT2D eigenvalue weighted by Crippen LogP contribution is 2.31. The lowest BCUT2D eigenvalue weighted by molar-refractivity contribution is -0.137. The number of carbonyl (C=O) groups is 1. The molecule has 0 atom stereocenters. The number of ether oxygens (including phenoxy) is 1. The standard InChI is InChI=1S/C22H19F3N2O2S/c1-13-21(27-19(28)11-15-5-6-18-16(9-15)7-8-29-18)30-20(26-13)12-14-3-2-4-17(10-14)22(23,24)25/h2-6,9-10H,7-8,11-12H2,1H3,(H,27,28). The summed E-state index contributed by atoms with van der Waals surface area (Å²) < 4.78 is 44.2. The molecule has 8 heteroatoms. The fraction of sp³-hybridized carbons (Fsp3) is 0.273. The second-order valence-electron chi connectivity index (χ2n) is 7.16. The lowest BCUT2D eigenvalue weighted by atomic mass is 10.1. The number of hydrogen-bond donors (Lipinski definition) is 1. The van der Waals surface area contributed by atoms with Gasteiger partial charge in [0.1, 0.15) is 10.8 Å². The van der Waals surface area contributed by atoms with E-state index in [1.165, 1.54) is 17.4 Å². The van der Waals surface area contributed by atoms with E-state index in [0.29, 0.717) is 27.9 Å². The van der Waals surface area contributed by atoms with Gasteiger partial charge in [-0.3, -0.25) is 4.79 Å². The molecule has 2 aromatic carbocycles. The fourth-order valence-electron chi connectivity index (χ4n) is 3.38. The molecule has 0 saturated carbocycles. The van der Waals surface area contributed by atoms with Crippen molar-refractivity contribution in [2.45, 2.75) is 32.4 Å². The number of nitrogens with one attached hydrogen (secondary N) is 1. The Morgan fingerprint density at radius 3 is 2.83 bits per heavy atom. The van der Waals surface area contributed by atoms with E-state index in [-0.39, 0.29) is 18.7 Å². The maximum absolute atomic E-state index is 12.9. The average Bonchev–Trinajstić information content (AvgIpc) is 3.27. The Bertz CT molecular complexity index is 1090. The number of aromatic nitrogens is 1. The Kier molecular flexibility index (Phi) is 5.51. The van der Waals surface area contributed by atoms with Crippen LogP contribution in [0.15, 0.2) is 42.5 Å². The zero-order valence-electron chi connectivity index (χ0n) is 16.2. The SMILES string of the molecule is Cc1nc(Cc2cccc(C(F)(F)F)c2)sc1NC(=O)Cc1ccc2c(c1)CCO2. The van der Waals surface area contributed by atoms with Gasteiger partial charge in [0.25, 0.3) is 0 Å². The zero-order valence-corrected chi connectivity index (χ0v) is 17.0. The number of halogens is 3. The van der Waals surface area contributed by atoms with Gasteiger partial charge >= 0.3 is 6.18 Å². The molecule has 0 bridgehead atoms. The molecule has 1 aromatic heterocycles. The minimum Gasteiger partial charge on any atom is -0.493 e. The minimum atomic E-state index is -4.38. The first-order valence-electron chi connectivity index (χ1n) is 9.45. The number of thiazole rings is 1. The number of aryl methyl sites for hydroxylation is 1. The molecule has 1 aliphatic rings. The van der Waals surface area contributed by atoms with E-state index in [1.54, 1.807) is 13.0 Å². The molecule has 30 heavy (non-hydrogen) atoms. The third kappa shape index (κ3) is 4.64. The average molecular weight is 432 g/mol. The molecule has 3 aromatic rings. The summed E-state index contributed by atoms with van der Waals surface area (Å²) in [7, 11) is 0. The van der Waals surface area contributed by atoms with E-state index in [9.17, 15) is 18.0 Å². The van der Waals surface area contributed by atoms with Crippen molar-refractivity contribution in [3.8, 4) is 5.75 Å². The molecule has 0 aliphatic carbocycles. The Labute approximate surface area is 175 Å². The maximum atomic E-state index is 12.9. The van der Waals surface area contributed by atoms with E-state index in [0.717, 1.165) is 35.4 Å². The zero-order chi connectivity index (χ0) is 21.3. The molecule has 1 N–H and O–H groups in total. The maximum Gasteiger partial charge on any atom is 0.416 e. The van der Waals surface area contributed by atoms with Gasteiger partial charge < -0.3 is 10.1 Å². The van der Waals surface area contributed by atoms with Crippen LogP contribution in [0.1, 0.15) is 33.0 Å². The van der Waals surface area contributed by atoms with Gasteiger partial charge in [-0.2, -0.15) is 13.2 Å². The quantitative estimate of drug-likeness (QED) is 0.605. The summed E-state index contributed by atoms with van der Waals surface area (Å²) in [5.74, 6) is 0.711. The molecule has 1 amide bonds. The van der Waals surface area contributed by atoms with E-state index < -0.39 is 11.7 Å². The van der Waals surface area contributed by atoms with Gasteiger partial charge in [0, 0.05) is 12.8 Å². The van der Waals surface area contributed by atoms with Gasteiger partial charge in [-0.25, -0.2) is 4.98 Å². The Morgan fingerprint density at radius 2 is 2.03 bits per heavy atom. The summed E-state index contributed by atoms with van der Waals surface area (Å²) in [5.41, 5.74) is 2.51. The van der Waals surface area contributed by atoms with Crippen LogP contribution in [0.3, 0.4) is 0 Å². The number of rotatable bonds is 5. The van der Waals surface area contributed by atoms with E-state index in [1.807, 2.05) is 18.2 Å². The molecular weight excluding hydrogens is 413 g/mol. The largest absolute Gasteiger partial charge is 0.493 e. The summed E-state index contributed by atoms with van der Waals surface area (Å²) in [6, 6.07) is 11.0. The van der Waals surface area contributed by atoms with Gasteiger partial charge in [0.15, 0.2) is 0 Å². The van der Waals surface area contributed by atoms with Crippen molar-refractivity contribution < 1.29 is 22.7 Å². The van der Waals surface area contributed by atoms with Crippen LogP contribution in [0, 0.1) is 6.92 Å². The van der Waals surface area contributed by atoms with Gasteiger partial charge in [0.2, 0.25) is 5.91 Å². The fourth-order valence-corrected chi connectivity index (χ4v) is 4.40. The van der Waals surface area contributed by atoms with Crippen LogP contribution in [0.2, 0.25) is 0 Å². The molecule has 2 heterocycles. The molecule has 0 radical (unpaired) electrons. The molecule has 156 valence electrons. The number of carbonyl (C=O) groups excluding carboxylic acids is 1. The van der Waals surface area contributed by atoms with Crippen LogP contribution >= 0.6 is 11.3 Å². The van der Waals surface area contributed by atoms with Crippen molar-refractivity contribution in [1.82, 2.24) is 4.98 Å². The number of nitrogens with zero attached hydrogens (tertiary/aromatic N) is 1. The van der Waals surface area contributed by atoms with Crippen LogP contribution < -0.4 is 10.1 Å². The molecule has 4 nitrogen and oxygen atoms in total. The highest BCUT2D eigenvalue weighted by atomic mass is 32.1. The first kappa shape index (κ1) is 20.4. The van der Waals surface area contributed by atoms with Crippen molar-refractivity contribution in [3.05, 3.63) is 75.4 Å². The number of anilines is 1. The predicted molar refractivity (Wildman–Crippen MR) is 109 cm³/mol. The molecule has 4 rings (SSSR count). The highest BCUT2D eigenvalue weighted by molar-refractivity contribution is 7.16. The van der Waals surface area contributed by atoms with E-state index >= 15 is 0 Å². The van der Waals surface area contributed by atoms with Crippen molar-refractivity contribution in [1.29, 1.82) is 0 Å². The van der Waals surface area contributed by atoms with Gasteiger partial charge in [-0.05, 0) is 35.7 Å². The third-order valence-electron chi connectivity index (χ3n) is 4.82. The molecule has 0 unspecified atom stereocenters. The number of amides is 1. The topological polar surface area (TPSA) is 51.2 Å². The van der Waals surface area contributed by atoms with Crippen molar-refractivity contribution in [2.24, 2.45) is 0 Å². The Hall–Kier alpha value is -2.87. The van der Waals surface area contributed by atoms with Crippen molar-refractivity contribution >= 4 is 22.2 Å². The van der Waals surface area contributed by atoms with Crippen LogP contribution in [0.5, 0.6) is 5.75 Å². The van der Waals surface area contributed by atoms with Gasteiger partial charge in [-0.15, -0.1) is 11.3 Å². The molecule has 1 aliphatic heterocycles. The summed E-state index contributed by atoms with van der Waals surface area (Å²) >= 11 is 1.28. The number of benzene rings is 2. The lowest BCUT2D eigenvalue weighted by Gasteiger charge is -2.07. The Balaban J connectivity index is 1.42. The number of alkyl halides is 3. The highest BCUT2D eigenvalue weighted by Gasteiger charge is 2.30. The van der Waals surface area contributed by atoms with Crippen LogP contribution in [0.25, 0.3) is 0 Å². The monoisotopic (exact) mass is 432 g/mol. The Morgan fingerprint density at radius 1 is 1.20 bits per heavy atom. The normalized spacial score (nSPS) is 13.1. The van der Waals surface area contributed by atoms with Gasteiger partial charge in [0.05, 0.1) is 29.3 Å². The first-order valence-corrected chi connectivity index (χ1v) is 10.3. The number of hydrogen-bond acceptors (Lipinski definition) is 4. The molecule has 0 fully saturated rings. The second kappa shape index (κ2) is 8.10.